The second-order valence-electron chi connectivity index (χ2n) is 4.18. The normalized spacial score (nSPS) is 12.0. The largest absolute Gasteiger partial charge is 0.457 e. The standard InChI is InChI=1S/C10H15N3O2/c1-10(2,3)15-9(14)6-5-8-7-13(4)12-11-8/h5-7H,1-4H3/b6-5-. The highest BCUT2D eigenvalue weighted by molar-refractivity contribution is 5.86. The van der Waals surface area contributed by atoms with Gasteiger partial charge in [-0.25, -0.2) is 4.79 Å². The van der Waals surface area contributed by atoms with Crippen LogP contribution >= 0.6 is 0 Å². The maximum atomic E-state index is 11.3. The Labute approximate surface area is 88.7 Å². The van der Waals surface area contributed by atoms with Crippen molar-refractivity contribution in [2.75, 3.05) is 0 Å². The van der Waals surface area contributed by atoms with E-state index in [4.69, 9.17) is 4.74 Å². The summed E-state index contributed by atoms with van der Waals surface area (Å²) in [4.78, 5) is 11.3. The highest BCUT2D eigenvalue weighted by Gasteiger charge is 2.13. The summed E-state index contributed by atoms with van der Waals surface area (Å²) in [5.41, 5.74) is 0.160. The van der Waals surface area contributed by atoms with Crippen LogP contribution in [0, 0.1) is 0 Å². The van der Waals surface area contributed by atoms with Gasteiger partial charge < -0.3 is 4.74 Å². The van der Waals surface area contributed by atoms with Crippen molar-refractivity contribution in [1.29, 1.82) is 0 Å². The number of hydrogen-bond acceptors (Lipinski definition) is 4. The molecule has 15 heavy (non-hydrogen) atoms. The van der Waals surface area contributed by atoms with Crippen LogP contribution in [-0.2, 0) is 16.6 Å². The number of nitrogens with zero attached hydrogens (tertiary/aromatic N) is 3. The first-order chi connectivity index (χ1) is 6.87. The molecule has 0 fully saturated rings. The van der Waals surface area contributed by atoms with Gasteiger partial charge in [-0.2, -0.15) is 0 Å². The number of ether oxygens (including phenoxy) is 1. The Kier molecular flexibility index (Phi) is 3.24. The zero-order valence-electron chi connectivity index (χ0n) is 9.39. The first-order valence-electron chi connectivity index (χ1n) is 4.64. The molecule has 0 aromatic carbocycles. The van der Waals surface area contributed by atoms with Gasteiger partial charge in [0.1, 0.15) is 11.3 Å². The van der Waals surface area contributed by atoms with E-state index in [-0.39, 0.29) is 5.97 Å². The van der Waals surface area contributed by atoms with Crippen LogP contribution in [0.2, 0.25) is 0 Å². The molecule has 0 amide bonds. The third-order valence-electron chi connectivity index (χ3n) is 1.42. The lowest BCUT2D eigenvalue weighted by Gasteiger charge is -2.17. The second-order valence-corrected chi connectivity index (χ2v) is 4.18. The van der Waals surface area contributed by atoms with E-state index < -0.39 is 5.60 Å². The highest BCUT2D eigenvalue weighted by atomic mass is 16.6. The number of carbonyl (C=O) groups is 1. The fraction of sp³-hybridized carbons (Fsp3) is 0.500. The Morgan fingerprint density at radius 2 is 2.20 bits per heavy atom. The molecule has 1 aromatic rings. The maximum absolute atomic E-state index is 11.3. The molecule has 1 aromatic heterocycles. The summed E-state index contributed by atoms with van der Waals surface area (Å²) in [7, 11) is 1.76. The smallest absolute Gasteiger partial charge is 0.331 e. The molecule has 82 valence electrons. The minimum atomic E-state index is -0.468. The molecule has 0 aliphatic carbocycles. The van der Waals surface area contributed by atoms with Gasteiger partial charge in [-0.1, -0.05) is 5.21 Å². The van der Waals surface area contributed by atoms with Crippen molar-refractivity contribution >= 4 is 12.0 Å². The van der Waals surface area contributed by atoms with Gasteiger partial charge in [-0.3, -0.25) is 4.68 Å². The minimum Gasteiger partial charge on any atom is -0.457 e. The number of hydrogen-bond donors (Lipinski definition) is 0. The van der Waals surface area contributed by atoms with Gasteiger partial charge in [0, 0.05) is 13.1 Å². The molecule has 0 unspecified atom stereocenters. The van der Waals surface area contributed by atoms with E-state index in [0.29, 0.717) is 5.69 Å². The van der Waals surface area contributed by atoms with Crippen molar-refractivity contribution in [3.8, 4) is 0 Å². The number of carbonyl (C=O) groups excluding carboxylic acids is 1. The molecule has 1 rings (SSSR count). The SMILES string of the molecule is Cn1cc(/C=C\C(=O)OC(C)(C)C)nn1. The lowest BCUT2D eigenvalue weighted by molar-refractivity contribution is -0.148. The van der Waals surface area contributed by atoms with E-state index in [0.717, 1.165) is 0 Å². The van der Waals surface area contributed by atoms with Gasteiger partial charge >= 0.3 is 5.97 Å². The van der Waals surface area contributed by atoms with E-state index in [2.05, 4.69) is 10.3 Å². The lowest BCUT2D eigenvalue weighted by Crippen LogP contribution is -2.22. The third-order valence-corrected chi connectivity index (χ3v) is 1.42. The summed E-state index contributed by atoms with van der Waals surface area (Å²) in [6, 6.07) is 0. The Bertz CT molecular complexity index is 374. The fourth-order valence-corrected chi connectivity index (χ4v) is 0.931. The minimum absolute atomic E-state index is 0.381. The van der Waals surface area contributed by atoms with E-state index in [1.165, 1.54) is 6.08 Å². The van der Waals surface area contributed by atoms with Crippen LogP contribution in [0.15, 0.2) is 12.3 Å². The predicted octanol–water partition coefficient (Wildman–Crippen LogP) is 1.17. The zero-order chi connectivity index (χ0) is 11.5. The van der Waals surface area contributed by atoms with Crippen LogP contribution in [0.5, 0.6) is 0 Å². The monoisotopic (exact) mass is 209 g/mol. The molecule has 0 atom stereocenters. The lowest BCUT2D eigenvalue weighted by atomic mass is 10.2. The Hall–Kier alpha value is -1.65. The average molecular weight is 209 g/mol. The first-order valence-corrected chi connectivity index (χ1v) is 4.64. The Morgan fingerprint density at radius 3 is 2.67 bits per heavy atom. The average Bonchev–Trinajstić information content (AvgIpc) is 2.45. The van der Waals surface area contributed by atoms with Gasteiger partial charge in [0.15, 0.2) is 0 Å². The predicted molar refractivity (Wildman–Crippen MR) is 55.9 cm³/mol. The summed E-state index contributed by atoms with van der Waals surface area (Å²) in [6.45, 7) is 5.46. The number of esters is 1. The summed E-state index contributed by atoms with van der Waals surface area (Å²) < 4.78 is 6.65. The highest BCUT2D eigenvalue weighted by Crippen LogP contribution is 2.07. The van der Waals surface area contributed by atoms with Crippen LogP contribution in [0.1, 0.15) is 26.5 Å². The van der Waals surface area contributed by atoms with Crippen LogP contribution < -0.4 is 0 Å². The fourth-order valence-electron chi connectivity index (χ4n) is 0.931. The van der Waals surface area contributed by atoms with Crippen molar-refractivity contribution < 1.29 is 9.53 Å². The van der Waals surface area contributed by atoms with E-state index >= 15 is 0 Å². The molecule has 5 heteroatoms. The van der Waals surface area contributed by atoms with Crippen LogP contribution in [0.4, 0.5) is 0 Å². The van der Waals surface area contributed by atoms with Crippen LogP contribution in [-0.4, -0.2) is 26.6 Å². The number of aromatic nitrogens is 3. The molecule has 5 nitrogen and oxygen atoms in total. The maximum Gasteiger partial charge on any atom is 0.331 e. The van der Waals surface area contributed by atoms with E-state index in [1.54, 1.807) is 24.0 Å². The third kappa shape index (κ3) is 4.39. The molecule has 0 aliphatic heterocycles. The Balaban J connectivity index is 2.55. The molecule has 0 bridgehead atoms. The van der Waals surface area contributed by atoms with E-state index in [1.807, 2.05) is 20.8 Å². The van der Waals surface area contributed by atoms with Crippen LogP contribution in [0.25, 0.3) is 6.08 Å². The molecular formula is C10H15N3O2. The topological polar surface area (TPSA) is 57.0 Å². The molecule has 0 saturated carbocycles. The summed E-state index contributed by atoms with van der Waals surface area (Å²) in [5.74, 6) is -0.381. The van der Waals surface area contributed by atoms with E-state index in [9.17, 15) is 4.79 Å². The van der Waals surface area contributed by atoms with Crippen molar-refractivity contribution in [3.63, 3.8) is 0 Å². The summed E-state index contributed by atoms with van der Waals surface area (Å²) in [6.07, 6.45) is 4.62. The second kappa shape index (κ2) is 4.25. The van der Waals surface area contributed by atoms with Crippen LogP contribution in [0.3, 0.4) is 0 Å². The summed E-state index contributed by atoms with van der Waals surface area (Å²) in [5, 5.41) is 7.54. The van der Waals surface area contributed by atoms with Crippen molar-refractivity contribution in [1.82, 2.24) is 15.0 Å². The van der Waals surface area contributed by atoms with Gasteiger partial charge in [0.05, 0.1) is 6.20 Å². The summed E-state index contributed by atoms with van der Waals surface area (Å²) >= 11 is 0. The van der Waals surface area contributed by atoms with Gasteiger partial charge in [0.25, 0.3) is 0 Å². The van der Waals surface area contributed by atoms with Crippen molar-refractivity contribution in [3.05, 3.63) is 18.0 Å². The zero-order valence-corrected chi connectivity index (χ0v) is 9.39. The van der Waals surface area contributed by atoms with Crippen molar-refractivity contribution in [2.24, 2.45) is 7.05 Å². The van der Waals surface area contributed by atoms with Gasteiger partial charge in [0.2, 0.25) is 0 Å². The molecular weight excluding hydrogens is 194 g/mol. The van der Waals surface area contributed by atoms with Gasteiger partial charge in [-0.15, -0.1) is 5.10 Å². The van der Waals surface area contributed by atoms with Crippen molar-refractivity contribution in [2.45, 2.75) is 26.4 Å². The molecule has 0 radical (unpaired) electrons. The molecule has 0 saturated heterocycles. The number of rotatable bonds is 2. The van der Waals surface area contributed by atoms with Gasteiger partial charge in [-0.05, 0) is 26.8 Å². The molecule has 0 N–H and O–H groups in total. The molecule has 0 aliphatic rings. The Morgan fingerprint density at radius 1 is 1.53 bits per heavy atom. The molecule has 1 heterocycles. The number of aryl methyl sites for hydroxylation is 1. The quantitative estimate of drug-likeness (QED) is 0.542. The first kappa shape index (κ1) is 11.4. The molecule has 0 spiro atoms.